The molecule has 6 heterocycles. The number of aromatic nitrogens is 6. The van der Waals surface area contributed by atoms with Crippen molar-refractivity contribution in [2.75, 3.05) is 94.1 Å². The van der Waals surface area contributed by atoms with Gasteiger partial charge in [-0.1, -0.05) is 29.6 Å². The molecule has 0 unspecified atom stereocenters. The smallest absolute Gasteiger partial charge is 0.369 e. The number of aryl methyl sites for hydroxylation is 9. The molecule has 26 nitrogen and oxygen atoms in total. The number of anilines is 4. The largest absolute Gasteiger partial charge is 0.416 e. The third-order valence-electron chi connectivity index (χ3n) is 31.6. The van der Waals surface area contributed by atoms with E-state index < -0.39 is 17.6 Å². The number of benzene rings is 4. The number of alkyl halides is 3. The van der Waals surface area contributed by atoms with E-state index in [0.717, 1.165) is 181 Å². The Morgan fingerprint density at radius 3 is 0.944 bits per heavy atom. The summed E-state index contributed by atoms with van der Waals surface area (Å²) in [5, 5.41) is 17.0. The Hall–Kier alpha value is -10.8. The molecule has 1 saturated heterocycles. The van der Waals surface area contributed by atoms with Gasteiger partial charge in [-0.25, -0.2) is 0 Å². The SMILES string of the molecule is CCN(c1cc(-c2cnn(C)c2)cc(C(=O)NCc2c(C)cc(C)[nH]c2=O)c1C)C1CCC(N(C)C)CC1.CCN(c1cc(C(F)(F)F)cc(C(=O)NCc2c(C)cc(C)[nH]c2=O)c1C)C1CCC(N(C)C)CC1.CCN(c1cc(Cl)cc(C(=O)NCc2c(C)cc(C)[nH]c2=O)c1C)C1CCC(N(C)C2CCC2)CC1.CCN(c1cc(Cl)cc(C(=O)NCc2c(C)cc(C)[nH]c2=O)c1C)C1CCC(N2CCC2)CC1. The summed E-state index contributed by atoms with van der Waals surface area (Å²) in [6.45, 7) is 37.1. The number of rotatable bonds is 30. The highest BCUT2D eigenvalue weighted by Gasteiger charge is 2.39. The van der Waals surface area contributed by atoms with Gasteiger partial charge in [0.05, 0.1) is 11.8 Å². The third-order valence-corrected chi connectivity index (χ3v) is 32.0. The number of nitrogens with one attached hydrogen (secondary N) is 8. The molecule has 6 fully saturated rings. The first-order chi connectivity index (χ1) is 68.4. The average molecular weight is 2020 g/mol. The van der Waals surface area contributed by atoms with E-state index in [0.29, 0.717) is 114 Å². The van der Waals surface area contributed by atoms with Crippen LogP contribution in [0.2, 0.25) is 10.0 Å². The van der Waals surface area contributed by atoms with Gasteiger partial charge in [0, 0.05) is 226 Å². The average Bonchev–Trinajstić information content (AvgIpc) is 1.01. The van der Waals surface area contributed by atoms with Gasteiger partial charge in [0.15, 0.2) is 0 Å². The van der Waals surface area contributed by atoms with Gasteiger partial charge in [0.25, 0.3) is 45.9 Å². The van der Waals surface area contributed by atoms with Crippen molar-refractivity contribution in [2.45, 2.75) is 326 Å². The van der Waals surface area contributed by atoms with Gasteiger partial charge in [-0.3, -0.25) is 43.0 Å². The number of likely N-dealkylation sites (tertiary alicyclic amines) is 1. The van der Waals surface area contributed by atoms with Crippen molar-refractivity contribution in [2.24, 2.45) is 7.05 Å². The number of halogens is 5. The topological polar surface area (TPSA) is 292 Å². The van der Waals surface area contributed by atoms with Gasteiger partial charge in [0.1, 0.15) is 0 Å². The van der Waals surface area contributed by atoms with Crippen LogP contribution in [0.15, 0.2) is 104 Å². The van der Waals surface area contributed by atoms with Crippen LogP contribution in [-0.4, -0.2) is 202 Å². The maximum atomic E-state index is 13.9. The number of aromatic amines is 4. The second kappa shape index (κ2) is 50.1. The van der Waals surface area contributed by atoms with Crippen LogP contribution in [0.25, 0.3) is 11.1 Å². The summed E-state index contributed by atoms with van der Waals surface area (Å²) in [6, 6.07) is 26.0. The van der Waals surface area contributed by atoms with Gasteiger partial charge >= 0.3 is 6.18 Å². The van der Waals surface area contributed by atoms with Crippen molar-refractivity contribution in [3.05, 3.63) is 254 Å². The van der Waals surface area contributed by atoms with Crippen LogP contribution < -0.4 is 63.1 Å². The number of carbonyl (C=O) groups is 4. The standard InChI is InChI=1S/C30H42N6O2.C29H41ClN4O2.C27H37ClN4O2.C27H37F3N4O2/c1-8-36(25-11-9-24(10-12-25)34(5)6)28-15-22(23-16-32-35(7)18-23)14-26(21(28)4)29(37)31-17-27-19(2)13-20(3)33-30(27)38;1-6-34(24-12-10-23(11-13-24)33(5)22-8-7-9-22)27-16-21(30)15-25(20(27)4)28(35)31-17-26-18(2)14-19(3)32-29(26)36;1-5-32(22-9-7-21(8-10-22)31-11-6-12-31)25-15-20(28)14-23(19(25)4)26(33)29-16-24-17(2)13-18(3)30-27(24)34;1-7-34(21-10-8-20(9-11-21)33(5)6)24-14-19(27(28,29)30)13-22(18(24)4)25(35)31-15-23-16(2)12-17(3)32-26(23)36/h13-16,18,24-25H,8-12,17H2,1-7H3,(H,31,37)(H,33,38);14-16,22-24H,6-13,17H2,1-5H3,(H,31,35)(H,32,36);13-15,21-22H,5-12,16H2,1-4H3,(H,29,33)(H,30,34);12-14,20-21H,7-11,15H2,1-6H3,(H,31,35)(H,32,36). The minimum absolute atomic E-state index is 0.0264. The molecule has 15 rings (SSSR count). The molecule has 4 aromatic carbocycles. The van der Waals surface area contributed by atoms with Gasteiger partial charge in [-0.15, -0.1) is 0 Å². The van der Waals surface area contributed by atoms with E-state index in [1.165, 1.54) is 83.4 Å². The molecule has 782 valence electrons. The lowest BCUT2D eigenvalue weighted by Crippen LogP contribution is -2.49. The molecule has 8 N–H and O–H groups in total. The molecule has 1 aliphatic heterocycles. The summed E-state index contributed by atoms with van der Waals surface area (Å²) >= 11 is 13.1. The van der Waals surface area contributed by atoms with Crippen LogP contribution in [0.1, 0.15) is 293 Å². The number of nitrogens with zero attached hydrogens (tertiary/aromatic N) is 10. The number of pyridine rings is 4. The van der Waals surface area contributed by atoms with Crippen LogP contribution in [0.5, 0.6) is 0 Å². The van der Waals surface area contributed by atoms with E-state index in [1.54, 1.807) is 43.7 Å². The zero-order valence-electron chi connectivity index (χ0n) is 89.1. The van der Waals surface area contributed by atoms with Crippen molar-refractivity contribution in [1.82, 2.24) is 70.6 Å². The molecule has 0 radical (unpaired) electrons. The maximum Gasteiger partial charge on any atom is 0.416 e. The molecular weight excluding hydrogens is 1870 g/mol. The molecule has 5 aliphatic carbocycles. The molecule has 9 aromatic rings. The summed E-state index contributed by atoms with van der Waals surface area (Å²) in [4.78, 5) is 133. The second-order valence-corrected chi connectivity index (χ2v) is 42.4. The molecule has 4 amide bonds. The molecule has 0 atom stereocenters. The van der Waals surface area contributed by atoms with Crippen LogP contribution in [0.4, 0.5) is 35.9 Å². The van der Waals surface area contributed by atoms with Crippen LogP contribution >= 0.6 is 23.2 Å². The zero-order chi connectivity index (χ0) is 105. The molecule has 6 aliphatic rings. The van der Waals surface area contributed by atoms with Gasteiger partial charge in [-0.05, 0) is 404 Å². The van der Waals surface area contributed by atoms with E-state index in [1.807, 2.05) is 130 Å². The fourth-order valence-corrected chi connectivity index (χ4v) is 23.2. The van der Waals surface area contributed by atoms with E-state index in [2.05, 4.69) is 143 Å². The van der Waals surface area contributed by atoms with E-state index in [4.69, 9.17) is 23.2 Å². The van der Waals surface area contributed by atoms with Crippen molar-refractivity contribution in [3.63, 3.8) is 0 Å². The fraction of sp³-hybridized carbons (Fsp3) is 0.549. The Bertz CT molecular complexity index is 6240. The Morgan fingerprint density at radius 1 is 0.375 bits per heavy atom. The molecule has 144 heavy (non-hydrogen) atoms. The summed E-state index contributed by atoms with van der Waals surface area (Å²) in [5.74, 6) is -1.23. The zero-order valence-corrected chi connectivity index (χ0v) is 90.6. The number of H-pyrrole nitrogens is 4. The highest BCUT2D eigenvalue weighted by Crippen LogP contribution is 2.43. The molecular formula is C113H157Cl2F3N18O8. The minimum Gasteiger partial charge on any atom is -0.369 e. The Morgan fingerprint density at radius 2 is 0.667 bits per heavy atom. The van der Waals surface area contributed by atoms with E-state index >= 15 is 0 Å². The maximum absolute atomic E-state index is 13.9. The van der Waals surface area contributed by atoms with E-state index in [9.17, 15) is 51.5 Å². The third kappa shape index (κ3) is 27.5. The first-order valence-corrected chi connectivity index (χ1v) is 52.9. The number of amides is 4. The quantitative estimate of drug-likeness (QED) is 0.0208. The minimum atomic E-state index is -4.59. The highest BCUT2D eigenvalue weighted by atomic mass is 35.5. The monoisotopic (exact) mass is 2020 g/mol. The number of hydrogen-bond donors (Lipinski definition) is 8. The normalized spacial score (nSPS) is 19.2. The van der Waals surface area contributed by atoms with Crippen molar-refractivity contribution in [1.29, 1.82) is 0 Å². The molecule has 31 heteroatoms. The van der Waals surface area contributed by atoms with E-state index in [-0.39, 0.29) is 77.7 Å². The molecule has 0 spiro atoms. The number of carbonyl (C=O) groups excluding carboxylic acids is 4. The van der Waals surface area contributed by atoms with Crippen molar-refractivity contribution in [3.8, 4) is 11.1 Å². The van der Waals surface area contributed by atoms with Crippen LogP contribution in [0, 0.1) is 83.1 Å². The Balaban J connectivity index is 0.000000171. The lowest BCUT2D eigenvalue weighted by atomic mass is 9.85. The first-order valence-electron chi connectivity index (χ1n) is 52.1. The summed E-state index contributed by atoms with van der Waals surface area (Å²) < 4.78 is 43.4. The van der Waals surface area contributed by atoms with Gasteiger partial charge in [0.2, 0.25) is 0 Å². The predicted molar refractivity (Wildman–Crippen MR) is 578 cm³/mol. The first kappa shape index (κ1) is 112. The summed E-state index contributed by atoms with van der Waals surface area (Å²) in [6.07, 6.45) is 22.5. The van der Waals surface area contributed by atoms with Crippen LogP contribution in [-0.2, 0) is 39.4 Å². The lowest BCUT2D eigenvalue weighted by Gasteiger charge is -2.45. The molecule has 5 saturated carbocycles. The Labute approximate surface area is 859 Å². The Kier molecular flexibility index (Phi) is 38.9. The molecule has 0 bridgehead atoms. The van der Waals surface area contributed by atoms with Crippen LogP contribution in [0.3, 0.4) is 0 Å². The number of hydrogen-bond acceptors (Lipinski definition) is 17. The van der Waals surface area contributed by atoms with Crippen molar-refractivity contribution >= 4 is 69.6 Å². The van der Waals surface area contributed by atoms with Gasteiger partial charge < -0.3 is 80.4 Å². The van der Waals surface area contributed by atoms with Gasteiger partial charge in [-0.2, -0.15) is 18.3 Å². The second-order valence-electron chi connectivity index (χ2n) is 41.5. The highest BCUT2D eigenvalue weighted by molar-refractivity contribution is 6.32. The van der Waals surface area contributed by atoms with Crippen molar-refractivity contribution < 1.29 is 32.3 Å². The fourth-order valence-electron chi connectivity index (χ4n) is 22.8. The summed E-state index contributed by atoms with van der Waals surface area (Å²) in [5.41, 5.74) is 17.5. The lowest BCUT2D eigenvalue weighted by molar-refractivity contribution is -0.137. The summed E-state index contributed by atoms with van der Waals surface area (Å²) in [7, 11) is 12.6. The predicted octanol–water partition coefficient (Wildman–Crippen LogP) is 19.5. The molecule has 5 aromatic heterocycles.